The number of hydrogen-bond donors (Lipinski definition) is 1. The summed E-state index contributed by atoms with van der Waals surface area (Å²) in [7, 11) is 3.50. The molecule has 0 radical (unpaired) electrons. The van der Waals surface area contributed by atoms with Crippen molar-refractivity contribution in [3.63, 3.8) is 0 Å². The van der Waals surface area contributed by atoms with Crippen LogP contribution in [-0.4, -0.2) is 40.5 Å². The van der Waals surface area contributed by atoms with Crippen LogP contribution in [0.3, 0.4) is 0 Å². The highest BCUT2D eigenvalue weighted by Gasteiger charge is 1.99. The Morgan fingerprint density at radius 1 is 1.07 bits per heavy atom. The Bertz CT molecular complexity index is 109. The van der Waals surface area contributed by atoms with Gasteiger partial charge in [-0.3, -0.25) is 0 Å². The molecule has 0 spiro atoms. The first-order valence-corrected chi connectivity index (χ1v) is 5.49. The van der Waals surface area contributed by atoms with E-state index in [2.05, 4.69) is 12.2 Å². The van der Waals surface area contributed by atoms with Crippen LogP contribution in [0.2, 0.25) is 0 Å². The summed E-state index contributed by atoms with van der Waals surface area (Å²) >= 11 is 0. The molecule has 0 aromatic carbocycles. The van der Waals surface area contributed by atoms with Crippen molar-refractivity contribution in [2.75, 3.05) is 40.5 Å². The van der Waals surface area contributed by atoms with E-state index in [1.54, 1.807) is 14.2 Å². The van der Waals surface area contributed by atoms with Crippen LogP contribution in [0.1, 0.15) is 26.2 Å². The van der Waals surface area contributed by atoms with Crippen molar-refractivity contribution in [3.05, 3.63) is 0 Å². The van der Waals surface area contributed by atoms with Crippen LogP contribution in [0.25, 0.3) is 0 Å². The van der Waals surface area contributed by atoms with Gasteiger partial charge >= 0.3 is 0 Å². The van der Waals surface area contributed by atoms with Gasteiger partial charge in [-0.1, -0.05) is 13.3 Å². The Morgan fingerprint density at radius 2 is 1.86 bits per heavy atom. The van der Waals surface area contributed by atoms with Gasteiger partial charge < -0.3 is 14.8 Å². The van der Waals surface area contributed by atoms with Crippen molar-refractivity contribution in [1.82, 2.24) is 5.32 Å². The van der Waals surface area contributed by atoms with Crippen LogP contribution in [0.4, 0.5) is 0 Å². The minimum atomic E-state index is 0.693. The van der Waals surface area contributed by atoms with E-state index in [4.69, 9.17) is 9.47 Å². The zero-order valence-electron chi connectivity index (χ0n) is 9.84. The lowest BCUT2D eigenvalue weighted by atomic mass is 10.1. The Labute approximate surface area is 88.2 Å². The lowest BCUT2D eigenvalue weighted by Gasteiger charge is -2.09. The maximum Gasteiger partial charge on any atom is 0.0587 e. The van der Waals surface area contributed by atoms with E-state index >= 15 is 0 Å². The predicted molar refractivity (Wildman–Crippen MR) is 59.6 cm³/mol. The van der Waals surface area contributed by atoms with Gasteiger partial charge in [-0.05, 0) is 25.3 Å². The SMILES string of the molecule is COCCNCCCCC(C)COC. The number of unbranched alkanes of at least 4 members (excludes halogenated alkanes) is 1. The summed E-state index contributed by atoms with van der Waals surface area (Å²) in [6.07, 6.45) is 3.79. The molecule has 3 heteroatoms. The molecule has 0 fully saturated rings. The van der Waals surface area contributed by atoms with Crippen LogP contribution in [-0.2, 0) is 9.47 Å². The molecule has 0 amide bonds. The molecule has 0 aliphatic carbocycles. The van der Waals surface area contributed by atoms with Crippen molar-refractivity contribution < 1.29 is 9.47 Å². The predicted octanol–water partition coefficient (Wildman–Crippen LogP) is 1.68. The Kier molecular flexibility index (Phi) is 10.9. The van der Waals surface area contributed by atoms with Crippen molar-refractivity contribution in [3.8, 4) is 0 Å². The van der Waals surface area contributed by atoms with Crippen LogP contribution in [0.5, 0.6) is 0 Å². The second-order valence-electron chi connectivity index (χ2n) is 3.80. The fourth-order valence-electron chi connectivity index (χ4n) is 1.41. The van der Waals surface area contributed by atoms with Crippen molar-refractivity contribution in [1.29, 1.82) is 0 Å². The number of nitrogens with one attached hydrogen (secondary N) is 1. The first-order valence-electron chi connectivity index (χ1n) is 5.49. The summed E-state index contributed by atoms with van der Waals surface area (Å²) < 4.78 is 10.0. The standard InChI is InChI=1S/C11H25NO2/c1-11(10-14-3)6-4-5-7-12-8-9-13-2/h11-12H,4-10H2,1-3H3. The summed E-state index contributed by atoms with van der Waals surface area (Å²) in [6.45, 7) is 5.99. The largest absolute Gasteiger partial charge is 0.384 e. The second-order valence-corrected chi connectivity index (χ2v) is 3.80. The van der Waals surface area contributed by atoms with Crippen LogP contribution in [0, 0.1) is 5.92 Å². The molecule has 1 atom stereocenters. The van der Waals surface area contributed by atoms with Crippen LogP contribution in [0.15, 0.2) is 0 Å². The highest BCUT2D eigenvalue weighted by molar-refractivity contribution is 4.53. The van der Waals surface area contributed by atoms with E-state index in [0.29, 0.717) is 5.92 Å². The fourth-order valence-corrected chi connectivity index (χ4v) is 1.41. The first kappa shape index (κ1) is 13.9. The molecule has 3 nitrogen and oxygen atoms in total. The van der Waals surface area contributed by atoms with Gasteiger partial charge in [0.1, 0.15) is 0 Å². The quantitative estimate of drug-likeness (QED) is 0.548. The molecule has 1 unspecified atom stereocenters. The van der Waals surface area contributed by atoms with Gasteiger partial charge in [0, 0.05) is 27.4 Å². The minimum Gasteiger partial charge on any atom is -0.384 e. The normalized spacial score (nSPS) is 13.1. The molecule has 0 bridgehead atoms. The molecule has 0 aliphatic heterocycles. The molecule has 1 N–H and O–H groups in total. The van der Waals surface area contributed by atoms with Crippen molar-refractivity contribution >= 4 is 0 Å². The third-order valence-electron chi connectivity index (χ3n) is 2.23. The van der Waals surface area contributed by atoms with Gasteiger partial charge in [-0.15, -0.1) is 0 Å². The molecule has 14 heavy (non-hydrogen) atoms. The highest BCUT2D eigenvalue weighted by Crippen LogP contribution is 2.06. The zero-order valence-corrected chi connectivity index (χ0v) is 9.84. The molecule has 0 rings (SSSR count). The van der Waals surface area contributed by atoms with Crippen LogP contribution >= 0.6 is 0 Å². The number of methoxy groups -OCH3 is 2. The monoisotopic (exact) mass is 203 g/mol. The summed E-state index contributed by atoms with van der Waals surface area (Å²) in [5.41, 5.74) is 0. The second kappa shape index (κ2) is 11.0. The molecule has 0 aromatic rings. The maximum atomic E-state index is 5.08. The average molecular weight is 203 g/mol. The van der Waals surface area contributed by atoms with Crippen molar-refractivity contribution in [2.45, 2.75) is 26.2 Å². The highest BCUT2D eigenvalue weighted by atomic mass is 16.5. The molecule has 0 heterocycles. The molecule has 0 aliphatic rings. The van der Waals surface area contributed by atoms with Gasteiger partial charge in [-0.2, -0.15) is 0 Å². The van der Waals surface area contributed by atoms with E-state index in [-0.39, 0.29) is 0 Å². The summed E-state index contributed by atoms with van der Waals surface area (Å²) in [4.78, 5) is 0. The first-order chi connectivity index (χ1) is 6.81. The lowest BCUT2D eigenvalue weighted by Crippen LogP contribution is -2.20. The third kappa shape index (κ3) is 9.96. The smallest absolute Gasteiger partial charge is 0.0587 e. The topological polar surface area (TPSA) is 30.5 Å². The number of rotatable bonds is 10. The third-order valence-corrected chi connectivity index (χ3v) is 2.23. The molecule has 0 saturated carbocycles. The molecular formula is C11H25NO2. The van der Waals surface area contributed by atoms with E-state index in [1.165, 1.54) is 19.3 Å². The lowest BCUT2D eigenvalue weighted by molar-refractivity contribution is 0.154. The number of ether oxygens (including phenoxy) is 2. The summed E-state index contributed by atoms with van der Waals surface area (Å²) in [5.74, 6) is 0.693. The number of hydrogen-bond acceptors (Lipinski definition) is 3. The summed E-state index contributed by atoms with van der Waals surface area (Å²) in [5, 5.41) is 3.34. The molecule has 0 aromatic heterocycles. The van der Waals surface area contributed by atoms with Crippen molar-refractivity contribution in [2.24, 2.45) is 5.92 Å². The van der Waals surface area contributed by atoms with Gasteiger partial charge in [0.05, 0.1) is 6.61 Å². The Morgan fingerprint density at radius 3 is 2.50 bits per heavy atom. The molecule has 86 valence electrons. The van der Waals surface area contributed by atoms with Gasteiger partial charge in [0.2, 0.25) is 0 Å². The summed E-state index contributed by atoms with van der Waals surface area (Å²) in [6, 6.07) is 0. The average Bonchev–Trinajstić information content (AvgIpc) is 2.17. The van der Waals surface area contributed by atoms with E-state index in [0.717, 1.165) is 26.3 Å². The zero-order chi connectivity index (χ0) is 10.6. The van der Waals surface area contributed by atoms with E-state index < -0.39 is 0 Å². The molecule has 0 saturated heterocycles. The van der Waals surface area contributed by atoms with Gasteiger partial charge in [0.15, 0.2) is 0 Å². The van der Waals surface area contributed by atoms with Crippen LogP contribution < -0.4 is 5.32 Å². The molecular weight excluding hydrogens is 178 g/mol. The Balaban J connectivity index is 2.98. The Hall–Kier alpha value is -0.120. The minimum absolute atomic E-state index is 0.693. The van der Waals surface area contributed by atoms with Gasteiger partial charge in [0.25, 0.3) is 0 Å². The van der Waals surface area contributed by atoms with E-state index in [9.17, 15) is 0 Å². The van der Waals surface area contributed by atoms with Gasteiger partial charge in [-0.25, -0.2) is 0 Å². The maximum absolute atomic E-state index is 5.08. The van der Waals surface area contributed by atoms with E-state index in [1.807, 2.05) is 0 Å². The fraction of sp³-hybridized carbons (Fsp3) is 1.00.